The van der Waals surface area contributed by atoms with Crippen LogP contribution >= 0.6 is 0 Å². The molecule has 1 unspecified atom stereocenters. The van der Waals surface area contributed by atoms with Gasteiger partial charge in [0.25, 0.3) is 0 Å². The highest BCUT2D eigenvalue weighted by molar-refractivity contribution is 6.21. The van der Waals surface area contributed by atoms with Crippen molar-refractivity contribution in [3.05, 3.63) is 235 Å². The first-order valence-electron chi connectivity index (χ1n) is 20.9. The highest BCUT2D eigenvalue weighted by atomic mass is 19.4. The third-order valence-corrected chi connectivity index (χ3v) is 12.9. The maximum atomic E-state index is 13.5. The predicted octanol–water partition coefficient (Wildman–Crippen LogP) is 16.3. The molecule has 0 spiro atoms. The van der Waals surface area contributed by atoms with E-state index in [-0.39, 0.29) is 5.92 Å². The zero-order valence-electron chi connectivity index (χ0n) is 33.4. The number of rotatable bonds is 5. The van der Waals surface area contributed by atoms with E-state index < -0.39 is 11.7 Å². The normalized spacial score (nSPS) is 13.6. The average molecular weight is 804 g/mol. The molecule has 12 rings (SSSR count). The van der Waals surface area contributed by atoms with Gasteiger partial charge < -0.3 is 4.57 Å². The predicted molar refractivity (Wildman–Crippen MR) is 250 cm³/mol. The van der Waals surface area contributed by atoms with E-state index in [2.05, 4.69) is 180 Å². The first-order chi connectivity index (χ1) is 30.4. The quantitative estimate of drug-likeness (QED) is 0.153. The number of hydrogen-bond acceptors (Lipinski definition) is 0. The summed E-state index contributed by atoms with van der Waals surface area (Å²) in [5, 5.41) is 7.28. The van der Waals surface area contributed by atoms with Crippen LogP contribution < -0.4 is 0 Å². The number of fused-ring (bicyclic) bond motifs is 8. The Kier molecular flexibility index (Phi) is 8.13. The van der Waals surface area contributed by atoms with Gasteiger partial charge in [-0.25, -0.2) is 0 Å². The fourth-order valence-corrected chi connectivity index (χ4v) is 10.2. The Labute approximate surface area is 356 Å². The van der Waals surface area contributed by atoms with Crippen molar-refractivity contribution >= 4 is 43.4 Å². The van der Waals surface area contributed by atoms with Crippen molar-refractivity contribution in [2.45, 2.75) is 12.1 Å². The zero-order chi connectivity index (χ0) is 41.5. The number of benzene rings is 10. The van der Waals surface area contributed by atoms with Crippen LogP contribution in [0, 0.1) is 0 Å². The van der Waals surface area contributed by atoms with Crippen LogP contribution in [-0.2, 0) is 6.18 Å². The van der Waals surface area contributed by atoms with E-state index >= 15 is 0 Å². The molecule has 62 heavy (non-hydrogen) atoms. The van der Waals surface area contributed by atoms with E-state index in [1.54, 1.807) is 12.1 Å². The van der Waals surface area contributed by atoms with E-state index in [1.165, 1.54) is 66.7 Å². The van der Waals surface area contributed by atoms with Crippen LogP contribution in [0.3, 0.4) is 0 Å². The molecule has 1 nitrogen and oxygen atoms in total. The minimum absolute atomic E-state index is 0.143. The minimum Gasteiger partial charge on any atom is -0.309 e. The van der Waals surface area contributed by atoms with Gasteiger partial charge in [-0.2, -0.15) is 13.2 Å². The third-order valence-electron chi connectivity index (χ3n) is 12.9. The van der Waals surface area contributed by atoms with Crippen LogP contribution in [0.15, 0.2) is 212 Å². The molecule has 1 aliphatic rings. The van der Waals surface area contributed by atoms with Gasteiger partial charge in [-0.15, -0.1) is 0 Å². The van der Waals surface area contributed by atoms with Crippen LogP contribution in [0.2, 0.25) is 0 Å². The summed E-state index contributed by atoms with van der Waals surface area (Å²) >= 11 is 0. The lowest BCUT2D eigenvalue weighted by Gasteiger charge is -2.18. The molecule has 0 fully saturated rings. The fraction of sp³-hybridized carbons (Fsp3) is 0.0345. The van der Waals surface area contributed by atoms with Gasteiger partial charge >= 0.3 is 6.18 Å². The Bertz CT molecular complexity index is 3490. The van der Waals surface area contributed by atoms with Crippen molar-refractivity contribution in [1.29, 1.82) is 0 Å². The van der Waals surface area contributed by atoms with E-state index in [9.17, 15) is 13.2 Å². The van der Waals surface area contributed by atoms with E-state index in [0.29, 0.717) is 0 Å². The Morgan fingerprint density at radius 3 is 1.52 bits per heavy atom. The summed E-state index contributed by atoms with van der Waals surface area (Å²) in [5.74, 6) is -0.143. The van der Waals surface area contributed by atoms with E-state index in [1.807, 2.05) is 12.1 Å². The summed E-state index contributed by atoms with van der Waals surface area (Å²) in [6, 6.07) is 73.0. The van der Waals surface area contributed by atoms with E-state index in [4.69, 9.17) is 0 Å². The second-order valence-electron chi connectivity index (χ2n) is 16.3. The van der Waals surface area contributed by atoms with Crippen LogP contribution in [0.25, 0.3) is 93.5 Å². The maximum absolute atomic E-state index is 13.5. The third kappa shape index (κ3) is 5.64. The van der Waals surface area contributed by atoms with Crippen LogP contribution in [0.1, 0.15) is 28.2 Å². The smallest absolute Gasteiger partial charge is 0.309 e. The van der Waals surface area contributed by atoms with Crippen molar-refractivity contribution in [3.63, 3.8) is 0 Å². The van der Waals surface area contributed by atoms with Crippen LogP contribution in [0.5, 0.6) is 0 Å². The van der Waals surface area contributed by atoms with Gasteiger partial charge in [0, 0.05) is 22.4 Å². The lowest BCUT2D eigenvalue weighted by molar-refractivity contribution is -0.137. The van der Waals surface area contributed by atoms with Gasteiger partial charge in [0.05, 0.1) is 16.6 Å². The van der Waals surface area contributed by atoms with Crippen molar-refractivity contribution < 1.29 is 13.2 Å². The van der Waals surface area contributed by atoms with Gasteiger partial charge in [-0.1, -0.05) is 164 Å². The summed E-state index contributed by atoms with van der Waals surface area (Å²) in [6.45, 7) is 0. The van der Waals surface area contributed by atoms with Gasteiger partial charge in [0.1, 0.15) is 0 Å². The van der Waals surface area contributed by atoms with Crippen LogP contribution in [0.4, 0.5) is 13.2 Å². The van der Waals surface area contributed by atoms with Gasteiger partial charge in [0.2, 0.25) is 0 Å². The number of para-hydroxylation sites is 1. The Balaban J connectivity index is 0.951. The minimum atomic E-state index is -4.38. The molecule has 10 aromatic carbocycles. The molecule has 0 amide bonds. The Morgan fingerprint density at radius 1 is 0.355 bits per heavy atom. The summed E-state index contributed by atoms with van der Waals surface area (Å²) in [4.78, 5) is 0. The molecule has 1 aliphatic carbocycles. The first kappa shape index (κ1) is 36.2. The number of nitrogens with zero attached hydrogens (tertiary/aromatic N) is 1. The number of hydrogen-bond donors (Lipinski definition) is 0. The second kappa shape index (κ2) is 13.9. The second-order valence-corrected chi connectivity index (χ2v) is 16.3. The van der Waals surface area contributed by atoms with Crippen molar-refractivity contribution in [3.8, 4) is 50.2 Å². The van der Waals surface area contributed by atoms with E-state index in [0.717, 1.165) is 55.7 Å². The number of alkyl halides is 3. The highest BCUT2D eigenvalue weighted by Gasteiger charge is 2.33. The van der Waals surface area contributed by atoms with Crippen molar-refractivity contribution in [2.75, 3.05) is 0 Å². The molecular formula is C58H36F3N. The molecule has 1 aromatic heterocycles. The lowest BCUT2D eigenvalue weighted by Crippen LogP contribution is -2.06. The lowest BCUT2D eigenvalue weighted by atomic mass is 9.86. The molecule has 0 bridgehead atoms. The largest absolute Gasteiger partial charge is 0.416 e. The number of aromatic nitrogens is 1. The summed E-state index contributed by atoms with van der Waals surface area (Å²) in [7, 11) is 0. The molecule has 0 radical (unpaired) electrons. The monoisotopic (exact) mass is 803 g/mol. The summed E-state index contributed by atoms with van der Waals surface area (Å²) < 4.78 is 42.7. The van der Waals surface area contributed by atoms with Crippen molar-refractivity contribution in [1.82, 2.24) is 4.57 Å². The molecule has 1 atom stereocenters. The Morgan fingerprint density at radius 2 is 0.855 bits per heavy atom. The first-order valence-corrected chi connectivity index (χ1v) is 20.9. The SMILES string of the molecule is FC(F)(F)c1ccc(C2c3ccccc3-c3cc(-c4ccc5c(c4)c4ccccc4n5-c4ccc(-c5c6ccccc6c(-c6ccccc6)c6ccccc56)cc4)ccc32)cc1. The molecule has 0 saturated heterocycles. The molecule has 0 aliphatic heterocycles. The molecule has 4 heteroatoms. The molecule has 0 saturated carbocycles. The standard InChI is InChI=1S/C58H36F3N/c59-58(60,61)41-28-22-37(23-29-41)56-45-16-5-4-14-43(45)51-34-39(26-32-50(51)56)40-27-33-54-52(35-40)44-15-10-11-21-53(44)62(54)42-30-24-38(25-31-42)57-48-19-8-6-17-46(48)55(36-12-2-1-3-13-36)47-18-7-9-20-49(47)57/h1-35,56H. The van der Waals surface area contributed by atoms with Crippen LogP contribution in [-0.4, -0.2) is 4.57 Å². The zero-order valence-corrected chi connectivity index (χ0v) is 33.4. The summed E-state index contributed by atoms with van der Waals surface area (Å²) in [6.07, 6.45) is -4.38. The molecule has 294 valence electrons. The molecular weight excluding hydrogens is 768 g/mol. The fourth-order valence-electron chi connectivity index (χ4n) is 10.2. The molecule has 11 aromatic rings. The van der Waals surface area contributed by atoms with Gasteiger partial charge in [-0.3, -0.25) is 0 Å². The van der Waals surface area contributed by atoms with Crippen molar-refractivity contribution in [2.24, 2.45) is 0 Å². The Hall–Kier alpha value is -7.69. The number of halogens is 3. The maximum Gasteiger partial charge on any atom is 0.416 e. The summed E-state index contributed by atoms with van der Waals surface area (Å²) in [5.41, 5.74) is 15.1. The topological polar surface area (TPSA) is 4.93 Å². The molecule has 0 N–H and O–H groups in total. The molecule has 1 heterocycles. The van der Waals surface area contributed by atoms with Gasteiger partial charge in [0.15, 0.2) is 0 Å². The highest BCUT2D eigenvalue weighted by Crippen LogP contribution is 2.50. The van der Waals surface area contributed by atoms with Gasteiger partial charge in [-0.05, 0) is 131 Å². The average Bonchev–Trinajstić information content (AvgIpc) is 3.83.